The third kappa shape index (κ3) is 3.55. The first-order chi connectivity index (χ1) is 13.5. The smallest absolute Gasteiger partial charge is 0.306 e. The van der Waals surface area contributed by atoms with Crippen molar-refractivity contribution in [3.05, 3.63) is 53.8 Å². The van der Waals surface area contributed by atoms with Gasteiger partial charge in [0.15, 0.2) is 0 Å². The van der Waals surface area contributed by atoms with E-state index in [-0.39, 0.29) is 17.7 Å². The van der Waals surface area contributed by atoms with Crippen LogP contribution >= 0.6 is 11.3 Å². The number of nitrogens with zero attached hydrogens (tertiary/aromatic N) is 4. The van der Waals surface area contributed by atoms with Crippen LogP contribution in [-0.2, 0) is 4.79 Å². The largest absolute Gasteiger partial charge is 0.481 e. The molecule has 3 aromatic rings. The zero-order chi connectivity index (χ0) is 19.7. The zero-order valence-electron chi connectivity index (χ0n) is 15.4. The van der Waals surface area contributed by atoms with Crippen molar-refractivity contribution in [3.63, 3.8) is 0 Å². The highest BCUT2D eigenvalue weighted by atomic mass is 32.1. The summed E-state index contributed by atoms with van der Waals surface area (Å²) in [6, 6.07) is 9.79. The van der Waals surface area contributed by atoms with Crippen LogP contribution in [0.4, 0.5) is 0 Å². The molecule has 1 saturated heterocycles. The highest BCUT2D eigenvalue weighted by Crippen LogP contribution is 2.27. The Balaban J connectivity index is 1.48. The number of likely N-dealkylation sites (tertiary alicyclic amines) is 1. The molecule has 8 heteroatoms. The van der Waals surface area contributed by atoms with Gasteiger partial charge in [-0.1, -0.05) is 25.1 Å². The molecule has 144 valence electrons. The molecular weight excluding hydrogens is 376 g/mol. The molecule has 0 radical (unpaired) electrons. The normalized spacial score (nSPS) is 19.5. The summed E-state index contributed by atoms with van der Waals surface area (Å²) in [5.74, 6) is -1.39. The number of aliphatic carboxylic acids is 1. The van der Waals surface area contributed by atoms with Crippen LogP contribution in [-0.4, -0.2) is 49.7 Å². The number of hydrogen-bond acceptors (Lipinski definition) is 5. The van der Waals surface area contributed by atoms with Gasteiger partial charge in [-0.3, -0.25) is 9.59 Å². The number of carbonyl (C=O) groups is 2. The lowest BCUT2D eigenvalue weighted by Crippen LogP contribution is -2.45. The van der Waals surface area contributed by atoms with E-state index in [1.165, 1.54) is 11.3 Å². The Morgan fingerprint density at radius 3 is 2.75 bits per heavy atom. The van der Waals surface area contributed by atoms with Crippen LogP contribution < -0.4 is 0 Å². The first kappa shape index (κ1) is 18.4. The van der Waals surface area contributed by atoms with Crippen molar-refractivity contribution in [1.29, 1.82) is 0 Å². The molecule has 1 amide bonds. The van der Waals surface area contributed by atoms with Gasteiger partial charge in [-0.05, 0) is 24.5 Å². The van der Waals surface area contributed by atoms with Crippen molar-refractivity contribution < 1.29 is 14.7 Å². The molecule has 0 unspecified atom stereocenters. The van der Waals surface area contributed by atoms with Gasteiger partial charge in [0, 0.05) is 30.2 Å². The summed E-state index contributed by atoms with van der Waals surface area (Å²) in [4.78, 5) is 30.3. The molecule has 0 spiro atoms. The van der Waals surface area contributed by atoms with Crippen molar-refractivity contribution >= 4 is 23.2 Å². The molecule has 3 heterocycles. The monoisotopic (exact) mass is 396 g/mol. The van der Waals surface area contributed by atoms with Crippen LogP contribution in [0, 0.1) is 11.8 Å². The number of hydrogen-bond donors (Lipinski definition) is 1. The van der Waals surface area contributed by atoms with Crippen LogP contribution in [0.3, 0.4) is 0 Å². The van der Waals surface area contributed by atoms with Crippen molar-refractivity contribution in [2.45, 2.75) is 13.3 Å². The Hall–Kier alpha value is -3.00. The Labute approximate surface area is 166 Å². The van der Waals surface area contributed by atoms with Crippen LogP contribution in [0.5, 0.6) is 0 Å². The van der Waals surface area contributed by atoms with Crippen molar-refractivity contribution in [3.8, 4) is 16.3 Å². The molecule has 0 bridgehead atoms. The SMILES string of the molecule is C[C@@H]1CN(C(=O)c2csc(-c3cnn(-c4ccccc4)c3)n2)CC[C@@H]1C(=O)O. The minimum atomic E-state index is -0.786. The quantitative estimate of drug-likeness (QED) is 0.732. The number of piperidine rings is 1. The Kier molecular flexibility index (Phi) is 4.95. The average Bonchev–Trinajstić information content (AvgIpc) is 3.37. The van der Waals surface area contributed by atoms with E-state index < -0.39 is 5.97 Å². The maximum Gasteiger partial charge on any atom is 0.306 e. The number of benzene rings is 1. The molecule has 2 atom stereocenters. The number of aromatic nitrogens is 3. The summed E-state index contributed by atoms with van der Waals surface area (Å²) < 4.78 is 1.77. The first-order valence-electron chi connectivity index (χ1n) is 9.11. The highest BCUT2D eigenvalue weighted by Gasteiger charge is 2.33. The first-order valence-corrected chi connectivity index (χ1v) is 9.99. The fourth-order valence-electron chi connectivity index (χ4n) is 3.52. The van der Waals surface area contributed by atoms with Gasteiger partial charge in [-0.2, -0.15) is 5.10 Å². The average molecular weight is 396 g/mol. The molecule has 1 N–H and O–H groups in total. The minimum Gasteiger partial charge on any atom is -0.481 e. The Morgan fingerprint density at radius 2 is 2.04 bits per heavy atom. The molecule has 1 aliphatic rings. The van der Waals surface area contributed by atoms with E-state index in [2.05, 4.69) is 10.1 Å². The van der Waals surface area contributed by atoms with E-state index in [1.807, 2.05) is 43.5 Å². The molecular formula is C20H20N4O3S. The molecule has 0 aliphatic carbocycles. The standard InChI is InChI=1S/C20H20N4O3S/c1-13-10-23(8-7-16(13)20(26)27)19(25)17-12-28-18(22-17)14-9-21-24(11-14)15-5-3-2-4-6-15/h2-6,9,11-13,16H,7-8,10H2,1H3,(H,26,27)/t13-,16+/m1/s1. The lowest BCUT2D eigenvalue weighted by atomic mass is 9.87. The van der Waals surface area contributed by atoms with Crippen LogP contribution in [0.15, 0.2) is 48.1 Å². The molecule has 7 nitrogen and oxygen atoms in total. The summed E-state index contributed by atoms with van der Waals surface area (Å²) in [6.07, 6.45) is 4.10. The highest BCUT2D eigenvalue weighted by molar-refractivity contribution is 7.13. The topological polar surface area (TPSA) is 88.3 Å². The van der Waals surface area contributed by atoms with Gasteiger partial charge in [0.05, 0.1) is 17.8 Å². The fourth-order valence-corrected chi connectivity index (χ4v) is 4.29. The van der Waals surface area contributed by atoms with E-state index in [9.17, 15) is 14.7 Å². The molecule has 28 heavy (non-hydrogen) atoms. The minimum absolute atomic E-state index is 0.0718. The number of amides is 1. The van der Waals surface area contributed by atoms with Crippen molar-refractivity contribution in [2.24, 2.45) is 11.8 Å². The molecule has 0 saturated carbocycles. The lowest BCUT2D eigenvalue weighted by molar-refractivity contribution is -0.145. The van der Waals surface area contributed by atoms with Crippen molar-refractivity contribution in [2.75, 3.05) is 13.1 Å². The van der Waals surface area contributed by atoms with Crippen LogP contribution in [0.2, 0.25) is 0 Å². The van der Waals surface area contributed by atoms with E-state index in [1.54, 1.807) is 21.2 Å². The summed E-state index contributed by atoms with van der Waals surface area (Å²) in [5.41, 5.74) is 2.20. The molecule has 1 aliphatic heterocycles. The van der Waals surface area contributed by atoms with Gasteiger partial charge in [-0.25, -0.2) is 9.67 Å². The predicted molar refractivity (Wildman–Crippen MR) is 105 cm³/mol. The fraction of sp³-hybridized carbons (Fsp3) is 0.300. The molecule has 1 aromatic carbocycles. The second-order valence-electron chi connectivity index (χ2n) is 7.01. The van der Waals surface area contributed by atoms with E-state index in [4.69, 9.17) is 0 Å². The number of carbonyl (C=O) groups excluding carboxylic acids is 1. The van der Waals surface area contributed by atoms with Gasteiger partial charge in [-0.15, -0.1) is 11.3 Å². The predicted octanol–water partition coefficient (Wildman–Crippen LogP) is 3.18. The van der Waals surface area contributed by atoms with Gasteiger partial charge in [0.25, 0.3) is 5.91 Å². The summed E-state index contributed by atoms with van der Waals surface area (Å²) in [6.45, 7) is 2.76. The number of carboxylic acid groups (broad SMARTS) is 1. The van der Waals surface area contributed by atoms with E-state index in [0.29, 0.717) is 25.2 Å². The molecule has 1 fully saturated rings. The third-order valence-corrected chi connectivity index (χ3v) is 5.97. The zero-order valence-corrected chi connectivity index (χ0v) is 16.2. The van der Waals surface area contributed by atoms with Gasteiger partial charge in [0.1, 0.15) is 10.7 Å². The molecule has 4 rings (SSSR count). The summed E-state index contributed by atoms with van der Waals surface area (Å²) >= 11 is 1.40. The molecule has 2 aromatic heterocycles. The second kappa shape index (κ2) is 7.55. The maximum absolute atomic E-state index is 12.8. The van der Waals surface area contributed by atoms with Gasteiger partial charge >= 0.3 is 5.97 Å². The summed E-state index contributed by atoms with van der Waals surface area (Å²) in [7, 11) is 0. The van der Waals surface area contributed by atoms with Crippen LogP contribution in [0.1, 0.15) is 23.8 Å². The Morgan fingerprint density at radius 1 is 1.25 bits per heavy atom. The van der Waals surface area contributed by atoms with Gasteiger partial charge < -0.3 is 10.0 Å². The number of para-hydroxylation sites is 1. The lowest BCUT2D eigenvalue weighted by Gasteiger charge is -2.34. The number of carboxylic acids is 1. The maximum atomic E-state index is 12.8. The van der Waals surface area contributed by atoms with E-state index in [0.717, 1.165) is 16.3 Å². The van der Waals surface area contributed by atoms with Gasteiger partial charge in [0.2, 0.25) is 0 Å². The second-order valence-corrected chi connectivity index (χ2v) is 7.87. The Bertz CT molecular complexity index is 998. The van der Waals surface area contributed by atoms with Crippen molar-refractivity contribution in [1.82, 2.24) is 19.7 Å². The van der Waals surface area contributed by atoms with E-state index >= 15 is 0 Å². The third-order valence-electron chi connectivity index (χ3n) is 5.08. The van der Waals surface area contributed by atoms with Crippen LogP contribution in [0.25, 0.3) is 16.3 Å². The summed E-state index contributed by atoms with van der Waals surface area (Å²) in [5, 5.41) is 16.1. The number of thiazole rings is 1. The number of rotatable bonds is 4.